The molecule has 7 nitrogen and oxygen atoms in total. The molecule has 35 heavy (non-hydrogen) atoms. The summed E-state index contributed by atoms with van der Waals surface area (Å²) >= 11 is 1.48. The molecular weight excluding hydrogens is 460 g/mol. The van der Waals surface area contributed by atoms with Crippen LogP contribution in [-0.4, -0.2) is 29.9 Å². The lowest BCUT2D eigenvalue weighted by Gasteiger charge is -2.18. The first-order chi connectivity index (χ1) is 17.2. The molecule has 1 aromatic heterocycles. The highest BCUT2D eigenvalue weighted by Gasteiger charge is 2.17. The summed E-state index contributed by atoms with van der Waals surface area (Å²) in [5, 5.41) is 9.58. The van der Waals surface area contributed by atoms with Crippen LogP contribution in [0.3, 0.4) is 0 Å². The Morgan fingerprint density at radius 2 is 1.94 bits per heavy atom. The molecule has 0 spiro atoms. The summed E-state index contributed by atoms with van der Waals surface area (Å²) in [6.07, 6.45) is 3.51. The summed E-state index contributed by atoms with van der Waals surface area (Å²) in [4.78, 5) is 17.1. The van der Waals surface area contributed by atoms with Gasteiger partial charge in [0.05, 0.1) is 24.1 Å². The maximum absolute atomic E-state index is 11.8. The number of rotatable bonds is 7. The monoisotopic (exact) mass is 482 g/mol. The van der Waals surface area contributed by atoms with Gasteiger partial charge in [-0.1, -0.05) is 36.4 Å². The van der Waals surface area contributed by atoms with Crippen molar-refractivity contribution in [1.82, 2.24) is 4.68 Å². The molecule has 0 saturated carbocycles. The van der Waals surface area contributed by atoms with E-state index in [0.717, 1.165) is 33.1 Å². The number of ether oxygens (including phenoxy) is 2. The first-order valence-corrected chi connectivity index (χ1v) is 11.8. The zero-order valence-electron chi connectivity index (χ0n) is 18.8. The molecule has 1 aliphatic rings. The number of carbonyl (C=O) groups is 1. The van der Waals surface area contributed by atoms with Crippen molar-refractivity contribution in [2.45, 2.75) is 0 Å². The van der Waals surface area contributed by atoms with Crippen molar-refractivity contribution < 1.29 is 14.3 Å². The number of aromatic nitrogens is 1. The predicted molar refractivity (Wildman–Crippen MR) is 138 cm³/mol. The number of thiazole rings is 1. The normalized spacial score (nSPS) is 13.3. The number of benzene rings is 3. The fourth-order valence-electron chi connectivity index (χ4n) is 3.51. The van der Waals surface area contributed by atoms with Crippen LogP contribution in [0.5, 0.6) is 17.2 Å². The standard InChI is InChI=1S/C27H22N4O3S/c1-2-13-28-27-31(24(18-35-27)20-11-12-25-23(15-20)30-26(32)17-33-25)29-16-19-7-6-10-22(14-19)34-21-8-4-3-5-9-21/h2-12,14-16,18H,1,13,17H2,(H,30,32). The molecule has 0 bridgehead atoms. The molecule has 0 fully saturated rings. The van der Waals surface area contributed by atoms with Crippen molar-refractivity contribution in [3.8, 4) is 28.5 Å². The lowest BCUT2D eigenvalue weighted by Crippen LogP contribution is -2.25. The van der Waals surface area contributed by atoms with Gasteiger partial charge in [0.2, 0.25) is 4.80 Å². The fraction of sp³-hybridized carbons (Fsp3) is 0.0741. The summed E-state index contributed by atoms with van der Waals surface area (Å²) in [6.45, 7) is 4.26. The van der Waals surface area contributed by atoms with Crippen molar-refractivity contribution in [2.75, 3.05) is 18.5 Å². The van der Waals surface area contributed by atoms with E-state index in [1.54, 1.807) is 17.0 Å². The molecule has 0 atom stereocenters. The van der Waals surface area contributed by atoms with E-state index in [0.29, 0.717) is 18.0 Å². The van der Waals surface area contributed by atoms with E-state index < -0.39 is 0 Å². The third kappa shape index (κ3) is 5.23. The average molecular weight is 483 g/mol. The Labute approximate surface area is 206 Å². The number of nitrogens with one attached hydrogen (secondary N) is 1. The molecule has 1 aliphatic heterocycles. The minimum atomic E-state index is -0.176. The van der Waals surface area contributed by atoms with Gasteiger partial charge in [-0.2, -0.15) is 5.10 Å². The number of anilines is 1. The average Bonchev–Trinajstić information content (AvgIpc) is 3.29. The third-order valence-corrected chi connectivity index (χ3v) is 5.96. The molecular formula is C27H22N4O3S. The lowest BCUT2D eigenvalue weighted by molar-refractivity contribution is -0.118. The summed E-state index contributed by atoms with van der Waals surface area (Å²) in [6, 6.07) is 23.0. The van der Waals surface area contributed by atoms with Crippen LogP contribution in [-0.2, 0) is 4.79 Å². The van der Waals surface area contributed by atoms with Gasteiger partial charge in [-0.05, 0) is 48.0 Å². The Morgan fingerprint density at radius 1 is 1.09 bits per heavy atom. The Morgan fingerprint density at radius 3 is 2.80 bits per heavy atom. The highest BCUT2D eigenvalue weighted by molar-refractivity contribution is 7.07. The maximum atomic E-state index is 11.8. The first kappa shape index (κ1) is 22.4. The molecule has 8 heteroatoms. The number of para-hydroxylation sites is 1. The summed E-state index contributed by atoms with van der Waals surface area (Å²) in [5.74, 6) is 1.96. The van der Waals surface area contributed by atoms with Gasteiger partial charge in [0.25, 0.3) is 5.91 Å². The van der Waals surface area contributed by atoms with Crippen LogP contribution in [0.15, 0.2) is 101 Å². The Balaban J connectivity index is 1.48. The Hall–Kier alpha value is -4.43. The molecule has 0 aliphatic carbocycles. The fourth-order valence-corrected chi connectivity index (χ4v) is 4.36. The SMILES string of the molecule is C=CCN=c1scc(-c2ccc3c(c2)NC(=O)CO3)n1N=Cc1cccc(Oc2ccccc2)c1. The van der Waals surface area contributed by atoms with Crippen LogP contribution >= 0.6 is 11.3 Å². The molecule has 174 valence electrons. The quantitative estimate of drug-likeness (QED) is 0.287. The third-order valence-electron chi connectivity index (χ3n) is 5.11. The van der Waals surface area contributed by atoms with Gasteiger partial charge < -0.3 is 14.8 Å². The van der Waals surface area contributed by atoms with Crippen LogP contribution in [0, 0.1) is 0 Å². The number of nitrogens with zero attached hydrogens (tertiary/aromatic N) is 3. The second-order valence-electron chi connectivity index (χ2n) is 7.62. The van der Waals surface area contributed by atoms with E-state index in [9.17, 15) is 4.79 Å². The molecule has 2 heterocycles. The van der Waals surface area contributed by atoms with E-state index in [2.05, 4.69) is 16.9 Å². The molecule has 1 amide bonds. The largest absolute Gasteiger partial charge is 0.482 e. The van der Waals surface area contributed by atoms with Crippen LogP contribution < -0.4 is 19.6 Å². The second-order valence-corrected chi connectivity index (χ2v) is 8.46. The van der Waals surface area contributed by atoms with Crippen LogP contribution in [0.4, 0.5) is 5.69 Å². The molecule has 0 saturated heterocycles. The van der Waals surface area contributed by atoms with E-state index >= 15 is 0 Å². The maximum Gasteiger partial charge on any atom is 0.262 e. The highest BCUT2D eigenvalue weighted by Crippen LogP contribution is 2.33. The van der Waals surface area contributed by atoms with Gasteiger partial charge in [-0.15, -0.1) is 17.9 Å². The van der Waals surface area contributed by atoms with Crippen molar-refractivity contribution in [3.05, 3.63) is 101 Å². The number of carbonyl (C=O) groups excluding carboxylic acids is 1. The zero-order chi connectivity index (χ0) is 24.0. The van der Waals surface area contributed by atoms with Crippen LogP contribution in [0.2, 0.25) is 0 Å². The van der Waals surface area contributed by atoms with Crippen LogP contribution in [0.1, 0.15) is 5.56 Å². The summed E-state index contributed by atoms with van der Waals surface area (Å²) in [5.41, 5.74) is 3.23. The number of hydrogen-bond acceptors (Lipinski definition) is 6. The highest BCUT2D eigenvalue weighted by atomic mass is 32.1. The lowest BCUT2D eigenvalue weighted by atomic mass is 10.1. The minimum Gasteiger partial charge on any atom is -0.482 e. The second kappa shape index (κ2) is 10.2. The van der Waals surface area contributed by atoms with Gasteiger partial charge in [0, 0.05) is 10.9 Å². The van der Waals surface area contributed by atoms with Gasteiger partial charge >= 0.3 is 0 Å². The number of amides is 1. The summed E-state index contributed by atoms with van der Waals surface area (Å²) < 4.78 is 13.2. The molecule has 5 rings (SSSR count). The number of fused-ring (bicyclic) bond motifs is 1. The van der Waals surface area contributed by atoms with Gasteiger partial charge in [-0.3, -0.25) is 9.79 Å². The van der Waals surface area contributed by atoms with E-state index in [1.807, 2.05) is 78.2 Å². The first-order valence-electron chi connectivity index (χ1n) is 11.0. The summed E-state index contributed by atoms with van der Waals surface area (Å²) in [7, 11) is 0. The smallest absolute Gasteiger partial charge is 0.262 e. The van der Waals surface area contributed by atoms with Crippen molar-refractivity contribution >= 4 is 29.1 Å². The zero-order valence-corrected chi connectivity index (χ0v) is 19.6. The minimum absolute atomic E-state index is 0.0206. The van der Waals surface area contributed by atoms with Crippen molar-refractivity contribution in [3.63, 3.8) is 0 Å². The predicted octanol–water partition coefficient (Wildman–Crippen LogP) is 5.31. The van der Waals surface area contributed by atoms with E-state index in [1.165, 1.54) is 11.3 Å². The number of hydrogen-bond donors (Lipinski definition) is 1. The van der Waals surface area contributed by atoms with Gasteiger partial charge in [-0.25, -0.2) is 4.68 Å². The molecule has 1 N–H and O–H groups in total. The Kier molecular flexibility index (Phi) is 6.54. The molecule has 3 aromatic carbocycles. The molecule has 4 aromatic rings. The van der Waals surface area contributed by atoms with Gasteiger partial charge in [0.15, 0.2) is 6.61 Å². The topological polar surface area (TPSA) is 77.2 Å². The van der Waals surface area contributed by atoms with E-state index in [4.69, 9.17) is 14.6 Å². The van der Waals surface area contributed by atoms with Gasteiger partial charge in [0.1, 0.15) is 17.2 Å². The van der Waals surface area contributed by atoms with E-state index in [-0.39, 0.29) is 12.5 Å². The van der Waals surface area contributed by atoms with Crippen molar-refractivity contribution in [2.24, 2.45) is 10.1 Å². The van der Waals surface area contributed by atoms with Crippen molar-refractivity contribution in [1.29, 1.82) is 0 Å². The molecule has 0 radical (unpaired) electrons. The van der Waals surface area contributed by atoms with Crippen LogP contribution in [0.25, 0.3) is 11.3 Å². The molecule has 0 unspecified atom stereocenters. The Bertz CT molecular complexity index is 1470.